The maximum absolute atomic E-state index is 6.11. The lowest BCUT2D eigenvalue weighted by atomic mass is 10.3. The summed E-state index contributed by atoms with van der Waals surface area (Å²) in [4.78, 5) is 8.33. The molecule has 0 aliphatic carbocycles. The second-order valence-corrected chi connectivity index (χ2v) is 4.46. The molecule has 2 rings (SSSR count). The van der Waals surface area contributed by atoms with Gasteiger partial charge in [-0.2, -0.15) is 0 Å². The van der Waals surface area contributed by atoms with Gasteiger partial charge in [-0.1, -0.05) is 12.1 Å². The topological polar surface area (TPSA) is 94.3 Å². The fourth-order valence-corrected chi connectivity index (χ4v) is 1.89. The number of nitrogens with two attached hydrogens (primary N) is 1. The Morgan fingerprint density at radius 2 is 1.95 bits per heavy atom. The first kappa shape index (κ1) is 15.8. The second-order valence-electron chi connectivity index (χ2n) is 4.46. The van der Waals surface area contributed by atoms with Crippen LogP contribution in [0.5, 0.6) is 5.75 Å². The number of methoxy groups -OCH3 is 1. The Bertz CT molecular complexity index is 606. The summed E-state index contributed by atoms with van der Waals surface area (Å²) in [6, 6.07) is 7.63. The summed E-state index contributed by atoms with van der Waals surface area (Å²) in [5.41, 5.74) is 7.36. The van der Waals surface area contributed by atoms with E-state index in [1.54, 1.807) is 7.11 Å². The number of nitrogens with one attached hydrogen (secondary N) is 2. The van der Waals surface area contributed by atoms with Gasteiger partial charge in [-0.15, -0.1) is 0 Å². The first-order chi connectivity index (χ1) is 10.8. The molecule has 0 unspecified atom stereocenters. The number of hydrogen-bond donors (Lipinski definition) is 3. The van der Waals surface area contributed by atoms with Crippen LogP contribution in [0.2, 0.25) is 0 Å². The highest BCUT2D eigenvalue weighted by molar-refractivity contribution is 5.79. The lowest BCUT2D eigenvalue weighted by molar-refractivity contribution is 0.210. The van der Waals surface area contributed by atoms with Gasteiger partial charge in [0.05, 0.1) is 18.9 Å². The summed E-state index contributed by atoms with van der Waals surface area (Å²) in [6.45, 7) is 3.71. The summed E-state index contributed by atoms with van der Waals surface area (Å²) in [6.07, 6.45) is 1.46. The molecule has 1 heterocycles. The van der Waals surface area contributed by atoms with Crippen molar-refractivity contribution in [1.29, 1.82) is 0 Å². The Hall–Kier alpha value is -2.54. The maximum Gasteiger partial charge on any atom is 0.159 e. The fourth-order valence-electron chi connectivity index (χ4n) is 1.89. The van der Waals surface area contributed by atoms with Crippen LogP contribution >= 0.6 is 0 Å². The van der Waals surface area contributed by atoms with Gasteiger partial charge >= 0.3 is 0 Å². The van der Waals surface area contributed by atoms with E-state index in [0.717, 1.165) is 11.4 Å². The molecule has 4 N–H and O–H groups in total. The molecule has 2 aromatic rings. The summed E-state index contributed by atoms with van der Waals surface area (Å²) >= 11 is 0. The monoisotopic (exact) mass is 303 g/mol. The minimum Gasteiger partial charge on any atom is -0.492 e. The van der Waals surface area contributed by atoms with Crippen molar-refractivity contribution in [2.45, 2.75) is 6.92 Å². The van der Waals surface area contributed by atoms with E-state index in [-0.39, 0.29) is 0 Å². The standard InChI is InChI=1S/C15H21N5O2/c1-3-22-12-7-5-4-6-11(12)20-15-13(16)14(18-10-19-15)17-8-9-21-2/h4-7,10H,3,8-9,16H2,1-2H3,(H2,17,18,19,20). The molecule has 0 atom stereocenters. The van der Waals surface area contributed by atoms with E-state index in [0.29, 0.717) is 37.1 Å². The number of para-hydroxylation sites is 2. The van der Waals surface area contributed by atoms with Gasteiger partial charge in [0.1, 0.15) is 17.8 Å². The van der Waals surface area contributed by atoms with Crippen molar-refractivity contribution >= 4 is 23.0 Å². The molecular formula is C15H21N5O2. The van der Waals surface area contributed by atoms with E-state index in [1.807, 2.05) is 31.2 Å². The number of hydrogen-bond acceptors (Lipinski definition) is 7. The van der Waals surface area contributed by atoms with E-state index in [9.17, 15) is 0 Å². The zero-order valence-electron chi connectivity index (χ0n) is 12.8. The van der Waals surface area contributed by atoms with Crippen molar-refractivity contribution in [3.8, 4) is 5.75 Å². The average molecular weight is 303 g/mol. The van der Waals surface area contributed by atoms with Crippen LogP contribution in [0.25, 0.3) is 0 Å². The van der Waals surface area contributed by atoms with E-state index < -0.39 is 0 Å². The third kappa shape index (κ3) is 3.98. The first-order valence-corrected chi connectivity index (χ1v) is 7.08. The molecule has 7 nitrogen and oxygen atoms in total. The zero-order valence-corrected chi connectivity index (χ0v) is 12.8. The van der Waals surface area contributed by atoms with Gasteiger partial charge in [0.15, 0.2) is 11.6 Å². The fraction of sp³-hybridized carbons (Fsp3) is 0.333. The van der Waals surface area contributed by atoms with Gasteiger partial charge in [-0.05, 0) is 19.1 Å². The van der Waals surface area contributed by atoms with Crippen LogP contribution in [0, 0.1) is 0 Å². The summed E-state index contributed by atoms with van der Waals surface area (Å²) in [7, 11) is 1.64. The quantitative estimate of drug-likeness (QED) is 0.644. The predicted octanol–water partition coefficient (Wildman–Crippen LogP) is 2.26. The molecule has 1 aromatic heterocycles. The highest BCUT2D eigenvalue weighted by Crippen LogP contribution is 2.30. The van der Waals surface area contributed by atoms with Gasteiger partial charge in [-0.3, -0.25) is 0 Å². The van der Waals surface area contributed by atoms with Crippen LogP contribution in [0.3, 0.4) is 0 Å². The van der Waals surface area contributed by atoms with Crippen LogP contribution in [0.15, 0.2) is 30.6 Å². The highest BCUT2D eigenvalue weighted by atomic mass is 16.5. The minimum atomic E-state index is 0.449. The molecule has 0 spiro atoms. The molecule has 0 aliphatic heterocycles. The Kier molecular flexibility index (Phi) is 5.79. The smallest absolute Gasteiger partial charge is 0.159 e. The van der Waals surface area contributed by atoms with Gasteiger partial charge in [0.25, 0.3) is 0 Å². The SMILES string of the molecule is CCOc1ccccc1Nc1ncnc(NCCOC)c1N. The average Bonchev–Trinajstić information content (AvgIpc) is 2.53. The summed E-state index contributed by atoms with van der Waals surface area (Å²) in [5.74, 6) is 1.85. The van der Waals surface area contributed by atoms with Crippen molar-refractivity contribution in [1.82, 2.24) is 9.97 Å². The second kappa shape index (κ2) is 8.04. The summed E-state index contributed by atoms with van der Waals surface area (Å²) in [5, 5.41) is 6.29. The molecular weight excluding hydrogens is 282 g/mol. The highest BCUT2D eigenvalue weighted by Gasteiger charge is 2.10. The predicted molar refractivity (Wildman–Crippen MR) is 87.7 cm³/mol. The number of ether oxygens (including phenoxy) is 2. The molecule has 0 saturated carbocycles. The lowest BCUT2D eigenvalue weighted by Crippen LogP contribution is -2.12. The van der Waals surface area contributed by atoms with Crippen LogP contribution in [-0.4, -0.2) is 36.8 Å². The summed E-state index contributed by atoms with van der Waals surface area (Å²) < 4.78 is 10.6. The number of rotatable bonds is 8. The van der Waals surface area contributed by atoms with Crippen molar-refractivity contribution in [2.24, 2.45) is 0 Å². The Balaban J connectivity index is 2.18. The normalized spacial score (nSPS) is 10.3. The molecule has 118 valence electrons. The molecule has 0 fully saturated rings. The number of nitrogens with zero attached hydrogens (tertiary/aromatic N) is 2. The van der Waals surface area contributed by atoms with Gasteiger partial charge in [-0.25, -0.2) is 9.97 Å². The molecule has 0 aliphatic rings. The number of nitrogen functional groups attached to an aromatic ring is 1. The van der Waals surface area contributed by atoms with Crippen molar-refractivity contribution in [3.63, 3.8) is 0 Å². The largest absolute Gasteiger partial charge is 0.492 e. The van der Waals surface area contributed by atoms with Gasteiger partial charge < -0.3 is 25.8 Å². The number of anilines is 4. The van der Waals surface area contributed by atoms with Crippen LogP contribution in [0.4, 0.5) is 23.0 Å². The number of aromatic nitrogens is 2. The molecule has 22 heavy (non-hydrogen) atoms. The zero-order chi connectivity index (χ0) is 15.8. The third-order valence-corrected chi connectivity index (χ3v) is 2.92. The van der Waals surface area contributed by atoms with E-state index in [4.69, 9.17) is 15.2 Å². The molecule has 0 radical (unpaired) electrons. The Labute approximate surface area is 129 Å². The van der Waals surface area contributed by atoms with E-state index >= 15 is 0 Å². The van der Waals surface area contributed by atoms with Crippen molar-refractivity contribution in [3.05, 3.63) is 30.6 Å². The van der Waals surface area contributed by atoms with Gasteiger partial charge in [0, 0.05) is 13.7 Å². The van der Waals surface area contributed by atoms with Crippen LogP contribution in [-0.2, 0) is 4.74 Å². The van der Waals surface area contributed by atoms with Crippen molar-refractivity contribution < 1.29 is 9.47 Å². The number of benzene rings is 1. The molecule has 0 bridgehead atoms. The van der Waals surface area contributed by atoms with Crippen LogP contribution in [0.1, 0.15) is 6.92 Å². The molecule has 0 saturated heterocycles. The first-order valence-electron chi connectivity index (χ1n) is 7.08. The molecule has 0 amide bonds. The Morgan fingerprint density at radius 3 is 2.73 bits per heavy atom. The molecule has 7 heteroatoms. The Morgan fingerprint density at radius 1 is 1.18 bits per heavy atom. The van der Waals surface area contributed by atoms with E-state index in [2.05, 4.69) is 20.6 Å². The molecule has 1 aromatic carbocycles. The minimum absolute atomic E-state index is 0.449. The van der Waals surface area contributed by atoms with E-state index in [1.165, 1.54) is 6.33 Å². The maximum atomic E-state index is 6.11. The van der Waals surface area contributed by atoms with Gasteiger partial charge in [0.2, 0.25) is 0 Å². The van der Waals surface area contributed by atoms with Crippen LogP contribution < -0.4 is 21.1 Å². The van der Waals surface area contributed by atoms with Crippen molar-refractivity contribution in [2.75, 3.05) is 43.2 Å². The third-order valence-electron chi connectivity index (χ3n) is 2.92. The lowest BCUT2D eigenvalue weighted by Gasteiger charge is -2.14.